The molecule has 0 fully saturated rings. The molecule has 222 valence electrons. The first kappa shape index (κ1) is 27.5. The molecule has 0 aliphatic heterocycles. The average molecular weight is 623 g/mol. The van der Waals surface area contributed by atoms with Gasteiger partial charge in [0, 0.05) is 31.3 Å². The van der Waals surface area contributed by atoms with Crippen LogP contribution < -0.4 is 0 Å². The van der Waals surface area contributed by atoms with E-state index in [0.717, 1.165) is 76.1 Å². The Morgan fingerprint density at radius 1 is 0.511 bits per heavy atom. The number of thiophene rings is 1. The summed E-state index contributed by atoms with van der Waals surface area (Å²) in [5.74, 6) is 0.623. The van der Waals surface area contributed by atoms with Crippen molar-refractivity contribution in [1.82, 2.24) is 9.55 Å². The van der Waals surface area contributed by atoms with Gasteiger partial charge in [-0.3, -0.25) is 4.57 Å². The van der Waals surface area contributed by atoms with Gasteiger partial charge in [-0.1, -0.05) is 115 Å². The summed E-state index contributed by atoms with van der Waals surface area (Å²) in [5.41, 5.74) is 10.8. The predicted molar refractivity (Wildman–Crippen MR) is 196 cm³/mol. The van der Waals surface area contributed by atoms with Gasteiger partial charge < -0.3 is 0 Å². The molecule has 0 atom stereocenters. The quantitative estimate of drug-likeness (QED) is 0.187. The van der Waals surface area contributed by atoms with Crippen LogP contribution in [0.15, 0.2) is 164 Å². The highest BCUT2D eigenvalue weighted by Gasteiger charge is 2.23. The minimum absolute atomic E-state index is 0.231. The molecule has 0 saturated carbocycles. The van der Waals surface area contributed by atoms with Gasteiger partial charge in [-0.2, -0.15) is 0 Å². The zero-order valence-electron chi connectivity index (χ0n) is 25.3. The van der Waals surface area contributed by atoms with E-state index in [2.05, 4.69) is 132 Å². The predicted octanol–water partition coefficient (Wildman–Crippen LogP) is 12.2. The summed E-state index contributed by atoms with van der Waals surface area (Å²) in [6.07, 6.45) is 0. The minimum Gasteiger partial charge on any atom is -0.292 e. The second kappa shape index (κ2) is 11.2. The van der Waals surface area contributed by atoms with Gasteiger partial charge in [0.15, 0.2) is 0 Å². The lowest BCUT2D eigenvalue weighted by Crippen LogP contribution is -2.01. The SMILES string of the molecule is Fc1ccc2c(c1)sc1c(-c3nc4ccccc4n3-c3ccc(-c4ccccc4)cc3-c3ccccc3)ccc(-c3ccccc3)c12. The zero-order valence-corrected chi connectivity index (χ0v) is 26.1. The molecular formula is C43H27FN2S. The number of hydrogen-bond donors (Lipinski definition) is 0. The topological polar surface area (TPSA) is 17.8 Å². The molecule has 47 heavy (non-hydrogen) atoms. The smallest absolute Gasteiger partial charge is 0.147 e. The van der Waals surface area contributed by atoms with Crippen molar-refractivity contribution < 1.29 is 4.39 Å². The number of fused-ring (bicyclic) bond motifs is 4. The molecule has 9 rings (SSSR count). The van der Waals surface area contributed by atoms with E-state index < -0.39 is 0 Å². The van der Waals surface area contributed by atoms with Crippen molar-refractivity contribution in [3.63, 3.8) is 0 Å². The molecule has 0 N–H and O–H groups in total. The van der Waals surface area contributed by atoms with E-state index >= 15 is 0 Å². The Balaban J connectivity index is 1.36. The number of imidazole rings is 1. The number of halogens is 1. The van der Waals surface area contributed by atoms with Crippen LogP contribution in [0.25, 0.3) is 81.7 Å². The van der Waals surface area contributed by atoms with Gasteiger partial charge in [0.05, 0.1) is 16.7 Å². The van der Waals surface area contributed by atoms with Crippen molar-refractivity contribution in [2.45, 2.75) is 0 Å². The molecule has 0 aliphatic carbocycles. The number of rotatable bonds is 5. The maximum absolute atomic E-state index is 14.6. The molecule has 7 aromatic carbocycles. The zero-order chi connectivity index (χ0) is 31.3. The Labute approximate surface area is 275 Å². The Morgan fingerprint density at radius 2 is 1.15 bits per heavy atom. The van der Waals surface area contributed by atoms with Crippen molar-refractivity contribution in [3.05, 3.63) is 170 Å². The fraction of sp³-hybridized carbons (Fsp3) is 0. The third kappa shape index (κ3) is 4.65. The van der Waals surface area contributed by atoms with Gasteiger partial charge in [-0.25, -0.2) is 9.37 Å². The van der Waals surface area contributed by atoms with Crippen molar-refractivity contribution >= 4 is 42.5 Å². The van der Waals surface area contributed by atoms with Gasteiger partial charge in [-0.05, 0) is 76.3 Å². The Hall–Kier alpha value is -5.84. The molecular weight excluding hydrogens is 596 g/mol. The van der Waals surface area contributed by atoms with Crippen LogP contribution in [0.4, 0.5) is 4.39 Å². The van der Waals surface area contributed by atoms with Crippen LogP contribution in [0.3, 0.4) is 0 Å². The standard InChI is InChI=1S/C43H27FN2S/c44-32-21-22-34-40(27-32)47-42-35(24-23-33(41(34)42)29-14-6-2-7-15-29)43-45-37-18-10-11-19-39(37)46(43)38-25-20-31(28-12-4-1-5-13-28)26-36(38)30-16-8-3-9-17-30/h1-27H. The van der Waals surface area contributed by atoms with E-state index in [1.165, 1.54) is 5.56 Å². The summed E-state index contributed by atoms with van der Waals surface area (Å²) >= 11 is 1.63. The molecule has 0 amide bonds. The molecule has 0 radical (unpaired) electrons. The molecule has 0 unspecified atom stereocenters. The van der Waals surface area contributed by atoms with Crippen LogP contribution in [0, 0.1) is 5.82 Å². The van der Waals surface area contributed by atoms with Gasteiger partial charge >= 0.3 is 0 Å². The lowest BCUT2D eigenvalue weighted by atomic mass is 9.96. The first-order valence-electron chi connectivity index (χ1n) is 15.7. The number of aromatic nitrogens is 2. The Morgan fingerprint density at radius 3 is 1.89 bits per heavy atom. The summed E-state index contributed by atoms with van der Waals surface area (Å²) in [6, 6.07) is 56.0. The molecule has 2 heterocycles. The van der Waals surface area contributed by atoms with Crippen LogP contribution in [-0.2, 0) is 0 Å². The molecule has 4 heteroatoms. The van der Waals surface area contributed by atoms with E-state index in [9.17, 15) is 4.39 Å². The van der Waals surface area contributed by atoms with Crippen LogP contribution in [0.5, 0.6) is 0 Å². The van der Waals surface area contributed by atoms with Crippen LogP contribution in [0.2, 0.25) is 0 Å². The highest BCUT2D eigenvalue weighted by atomic mass is 32.1. The van der Waals surface area contributed by atoms with Crippen molar-refractivity contribution in [2.75, 3.05) is 0 Å². The van der Waals surface area contributed by atoms with E-state index in [4.69, 9.17) is 4.98 Å². The molecule has 2 aromatic heterocycles. The van der Waals surface area contributed by atoms with Gasteiger partial charge in [0.1, 0.15) is 11.6 Å². The highest BCUT2D eigenvalue weighted by Crippen LogP contribution is 2.46. The van der Waals surface area contributed by atoms with E-state index in [-0.39, 0.29) is 5.82 Å². The maximum atomic E-state index is 14.6. The second-order valence-electron chi connectivity index (χ2n) is 11.7. The minimum atomic E-state index is -0.231. The second-order valence-corrected chi connectivity index (χ2v) is 12.7. The number of benzene rings is 7. The Bertz CT molecular complexity index is 2570. The van der Waals surface area contributed by atoms with Crippen LogP contribution >= 0.6 is 11.3 Å². The van der Waals surface area contributed by atoms with Gasteiger partial charge in [-0.15, -0.1) is 11.3 Å². The summed E-state index contributed by atoms with van der Waals surface area (Å²) < 4.78 is 18.9. The molecule has 0 bridgehead atoms. The molecule has 9 aromatic rings. The van der Waals surface area contributed by atoms with Gasteiger partial charge in [0.25, 0.3) is 0 Å². The lowest BCUT2D eigenvalue weighted by Gasteiger charge is -2.17. The first-order valence-corrected chi connectivity index (χ1v) is 16.5. The first-order chi connectivity index (χ1) is 23.2. The average Bonchev–Trinajstić information content (AvgIpc) is 3.71. The van der Waals surface area contributed by atoms with Crippen molar-refractivity contribution in [1.29, 1.82) is 0 Å². The fourth-order valence-electron chi connectivity index (χ4n) is 6.73. The molecule has 0 spiro atoms. The largest absolute Gasteiger partial charge is 0.292 e. The molecule has 0 saturated heterocycles. The highest BCUT2D eigenvalue weighted by molar-refractivity contribution is 7.26. The number of nitrogens with zero attached hydrogens (tertiary/aromatic N) is 2. The van der Waals surface area contributed by atoms with Gasteiger partial charge in [0.2, 0.25) is 0 Å². The number of para-hydroxylation sites is 2. The van der Waals surface area contributed by atoms with Crippen molar-refractivity contribution in [3.8, 4) is 50.5 Å². The third-order valence-corrected chi connectivity index (χ3v) is 10.1. The van der Waals surface area contributed by atoms with Crippen molar-refractivity contribution in [2.24, 2.45) is 0 Å². The number of hydrogen-bond acceptors (Lipinski definition) is 2. The van der Waals surface area contributed by atoms with E-state index in [0.29, 0.717) is 0 Å². The Kier molecular flexibility index (Phi) is 6.54. The van der Waals surface area contributed by atoms with E-state index in [1.807, 2.05) is 24.3 Å². The van der Waals surface area contributed by atoms with Crippen LogP contribution in [0.1, 0.15) is 0 Å². The third-order valence-electron chi connectivity index (χ3n) is 8.90. The normalized spacial score (nSPS) is 11.5. The molecule has 0 aliphatic rings. The molecule has 2 nitrogen and oxygen atoms in total. The summed E-state index contributed by atoms with van der Waals surface area (Å²) in [6.45, 7) is 0. The monoisotopic (exact) mass is 622 g/mol. The summed E-state index contributed by atoms with van der Waals surface area (Å²) in [7, 11) is 0. The van der Waals surface area contributed by atoms with E-state index in [1.54, 1.807) is 23.5 Å². The van der Waals surface area contributed by atoms with Crippen LogP contribution in [-0.4, -0.2) is 9.55 Å². The lowest BCUT2D eigenvalue weighted by molar-refractivity contribution is 0.630. The maximum Gasteiger partial charge on any atom is 0.147 e. The fourth-order valence-corrected chi connectivity index (χ4v) is 7.99. The summed E-state index contributed by atoms with van der Waals surface area (Å²) in [5, 5.41) is 2.17. The summed E-state index contributed by atoms with van der Waals surface area (Å²) in [4.78, 5) is 5.31.